The maximum absolute atomic E-state index is 5.07. The summed E-state index contributed by atoms with van der Waals surface area (Å²) in [6.07, 6.45) is 3.63. The SMILES string of the molecule is COCCCCC(CBr)c1ccc(C)cc1. The van der Waals surface area contributed by atoms with Gasteiger partial charge in [0.25, 0.3) is 0 Å². The van der Waals surface area contributed by atoms with Crippen molar-refractivity contribution < 1.29 is 4.74 Å². The molecule has 0 heterocycles. The summed E-state index contributed by atoms with van der Waals surface area (Å²) >= 11 is 3.61. The lowest BCUT2D eigenvalue weighted by Crippen LogP contribution is -2.01. The van der Waals surface area contributed by atoms with E-state index in [4.69, 9.17) is 4.74 Å². The molecular weight excluding hydrogens is 264 g/mol. The minimum atomic E-state index is 0.637. The third kappa shape index (κ3) is 4.67. The van der Waals surface area contributed by atoms with E-state index in [0.29, 0.717) is 5.92 Å². The second-order valence-electron chi connectivity index (χ2n) is 4.25. The highest BCUT2D eigenvalue weighted by Crippen LogP contribution is 2.24. The first-order chi connectivity index (χ1) is 7.77. The van der Waals surface area contributed by atoms with Gasteiger partial charge in [-0.1, -0.05) is 52.2 Å². The molecule has 0 fully saturated rings. The first-order valence-corrected chi connectivity index (χ1v) is 7.01. The van der Waals surface area contributed by atoms with E-state index < -0.39 is 0 Å². The first kappa shape index (κ1) is 13.7. The Bertz CT molecular complexity index is 281. The lowest BCUT2D eigenvalue weighted by molar-refractivity contribution is 0.191. The van der Waals surface area contributed by atoms with Gasteiger partial charge in [0.15, 0.2) is 0 Å². The van der Waals surface area contributed by atoms with E-state index >= 15 is 0 Å². The van der Waals surface area contributed by atoms with Gasteiger partial charge in [-0.05, 0) is 31.2 Å². The molecule has 0 saturated carbocycles. The van der Waals surface area contributed by atoms with Crippen molar-refractivity contribution in [2.75, 3.05) is 19.0 Å². The van der Waals surface area contributed by atoms with Crippen molar-refractivity contribution in [2.24, 2.45) is 0 Å². The molecule has 0 saturated heterocycles. The van der Waals surface area contributed by atoms with Crippen LogP contribution in [0.15, 0.2) is 24.3 Å². The summed E-state index contributed by atoms with van der Waals surface area (Å²) in [7, 11) is 1.77. The number of aryl methyl sites for hydroxylation is 1. The Hall–Kier alpha value is -0.340. The molecule has 1 aromatic carbocycles. The van der Waals surface area contributed by atoms with Crippen LogP contribution in [0.2, 0.25) is 0 Å². The maximum Gasteiger partial charge on any atom is 0.0462 e. The fraction of sp³-hybridized carbons (Fsp3) is 0.571. The van der Waals surface area contributed by atoms with Gasteiger partial charge in [0.1, 0.15) is 0 Å². The van der Waals surface area contributed by atoms with Crippen molar-refractivity contribution in [3.63, 3.8) is 0 Å². The summed E-state index contributed by atoms with van der Waals surface area (Å²) in [5, 5.41) is 1.04. The summed E-state index contributed by atoms with van der Waals surface area (Å²) in [6, 6.07) is 8.88. The molecule has 0 bridgehead atoms. The van der Waals surface area contributed by atoms with Gasteiger partial charge >= 0.3 is 0 Å². The van der Waals surface area contributed by atoms with Crippen molar-refractivity contribution in [3.05, 3.63) is 35.4 Å². The molecule has 0 aromatic heterocycles. The zero-order valence-electron chi connectivity index (χ0n) is 10.2. The van der Waals surface area contributed by atoms with E-state index in [-0.39, 0.29) is 0 Å². The van der Waals surface area contributed by atoms with Gasteiger partial charge in [-0.25, -0.2) is 0 Å². The van der Waals surface area contributed by atoms with Crippen molar-refractivity contribution in [1.29, 1.82) is 0 Å². The molecule has 0 spiro atoms. The number of alkyl halides is 1. The van der Waals surface area contributed by atoms with Gasteiger partial charge in [0.05, 0.1) is 0 Å². The van der Waals surface area contributed by atoms with E-state index in [1.54, 1.807) is 7.11 Å². The van der Waals surface area contributed by atoms with Crippen LogP contribution in [0.3, 0.4) is 0 Å². The fourth-order valence-corrected chi connectivity index (χ4v) is 2.51. The number of hydrogen-bond donors (Lipinski definition) is 0. The van der Waals surface area contributed by atoms with Crippen molar-refractivity contribution >= 4 is 15.9 Å². The average Bonchev–Trinajstić information content (AvgIpc) is 2.31. The lowest BCUT2D eigenvalue weighted by Gasteiger charge is -2.14. The van der Waals surface area contributed by atoms with E-state index in [1.807, 2.05) is 0 Å². The van der Waals surface area contributed by atoms with Crippen LogP contribution in [-0.4, -0.2) is 19.0 Å². The highest BCUT2D eigenvalue weighted by molar-refractivity contribution is 9.09. The van der Waals surface area contributed by atoms with Crippen LogP contribution in [0.25, 0.3) is 0 Å². The number of unbranched alkanes of at least 4 members (excludes halogenated alkanes) is 1. The molecule has 90 valence electrons. The topological polar surface area (TPSA) is 9.23 Å². The van der Waals surface area contributed by atoms with Gasteiger partial charge in [0, 0.05) is 19.0 Å². The Morgan fingerprint density at radius 2 is 1.88 bits per heavy atom. The molecular formula is C14H21BrO. The highest BCUT2D eigenvalue weighted by Gasteiger charge is 2.09. The van der Waals surface area contributed by atoms with Gasteiger partial charge in [-0.3, -0.25) is 0 Å². The zero-order valence-corrected chi connectivity index (χ0v) is 11.8. The van der Waals surface area contributed by atoms with Crippen molar-refractivity contribution in [3.8, 4) is 0 Å². The normalized spacial score (nSPS) is 12.7. The van der Waals surface area contributed by atoms with Gasteiger partial charge in [-0.15, -0.1) is 0 Å². The molecule has 2 heteroatoms. The summed E-state index contributed by atoms with van der Waals surface area (Å²) in [4.78, 5) is 0. The minimum absolute atomic E-state index is 0.637. The third-order valence-electron chi connectivity index (χ3n) is 2.89. The van der Waals surface area contributed by atoms with Crippen LogP contribution in [-0.2, 0) is 4.74 Å². The monoisotopic (exact) mass is 284 g/mol. The van der Waals surface area contributed by atoms with Crippen LogP contribution < -0.4 is 0 Å². The van der Waals surface area contributed by atoms with Crippen LogP contribution in [0.4, 0.5) is 0 Å². The van der Waals surface area contributed by atoms with E-state index in [2.05, 4.69) is 47.1 Å². The quantitative estimate of drug-likeness (QED) is 0.536. The predicted molar refractivity (Wildman–Crippen MR) is 73.4 cm³/mol. The van der Waals surface area contributed by atoms with Crippen LogP contribution in [0, 0.1) is 6.92 Å². The van der Waals surface area contributed by atoms with Crippen LogP contribution >= 0.6 is 15.9 Å². The Morgan fingerprint density at radius 1 is 1.19 bits per heavy atom. The third-order valence-corrected chi connectivity index (χ3v) is 3.67. The van der Waals surface area contributed by atoms with Gasteiger partial charge in [-0.2, -0.15) is 0 Å². The number of halogens is 1. The van der Waals surface area contributed by atoms with E-state index in [1.165, 1.54) is 24.0 Å². The Kier molecular flexibility index (Phi) is 6.74. The fourth-order valence-electron chi connectivity index (χ4n) is 1.81. The number of benzene rings is 1. The second kappa shape index (κ2) is 7.86. The number of rotatable bonds is 7. The van der Waals surface area contributed by atoms with Crippen LogP contribution in [0.5, 0.6) is 0 Å². The molecule has 0 aliphatic carbocycles. The molecule has 1 aromatic rings. The molecule has 1 unspecified atom stereocenters. The molecule has 0 amide bonds. The summed E-state index contributed by atoms with van der Waals surface area (Å²) in [5.74, 6) is 0.637. The molecule has 16 heavy (non-hydrogen) atoms. The molecule has 0 N–H and O–H groups in total. The Labute approximate surface area is 107 Å². The molecule has 1 rings (SSSR count). The first-order valence-electron chi connectivity index (χ1n) is 5.89. The smallest absolute Gasteiger partial charge is 0.0462 e. The molecule has 0 aliphatic heterocycles. The predicted octanol–water partition coefficient (Wildman–Crippen LogP) is 4.29. The number of hydrogen-bond acceptors (Lipinski definition) is 1. The molecule has 0 aliphatic rings. The Morgan fingerprint density at radius 3 is 2.44 bits per heavy atom. The minimum Gasteiger partial charge on any atom is -0.385 e. The van der Waals surface area contributed by atoms with Crippen LogP contribution in [0.1, 0.15) is 36.3 Å². The standard InChI is InChI=1S/C14H21BrO/c1-12-6-8-13(9-7-12)14(11-15)5-3-4-10-16-2/h6-9,14H,3-5,10-11H2,1-2H3. The largest absolute Gasteiger partial charge is 0.385 e. The number of ether oxygens (including phenoxy) is 1. The van der Waals surface area contributed by atoms with Crippen molar-refractivity contribution in [2.45, 2.75) is 32.1 Å². The lowest BCUT2D eigenvalue weighted by atomic mass is 9.95. The second-order valence-corrected chi connectivity index (χ2v) is 4.90. The maximum atomic E-state index is 5.07. The number of methoxy groups -OCH3 is 1. The summed E-state index contributed by atoms with van der Waals surface area (Å²) < 4.78 is 5.07. The average molecular weight is 285 g/mol. The zero-order chi connectivity index (χ0) is 11.8. The van der Waals surface area contributed by atoms with Gasteiger partial charge < -0.3 is 4.74 Å². The van der Waals surface area contributed by atoms with E-state index in [0.717, 1.165) is 18.4 Å². The van der Waals surface area contributed by atoms with E-state index in [9.17, 15) is 0 Å². The van der Waals surface area contributed by atoms with Gasteiger partial charge in [0.2, 0.25) is 0 Å². The summed E-state index contributed by atoms with van der Waals surface area (Å²) in [5.41, 5.74) is 2.77. The summed E-state index contributed by atoms with van der Waals surface area (Å²) in [6.45, 7) is 3.01. The highest BCUT2D eigenvalue weighted by atomic mass is 79.9. The van der Waals surface area contributed by atoms with Crippen molar-refractivity contribution in [1.82, 2.24) is 0 Å². The Balaban J connectivity index is 2.44. The molecule has 1 nitrogen and oxygen atoms in total. The molecule has 0 radical (unpaired) electrons. The molecule has 1 atom stereocenters.